The molecular formula is C20H29N3O4. The molecule has 2 aliphatic heterocycles. The summed E-state index contributed by atoms with van der Waals surface area (Å²) in [5, 5.41) is 9.20. The number of hydrogen-bond acceptors (Lipinski definition) is 4. The Morgan fingerprint density at radius 1 is 1.19 bits per heavy atom. The van der Waals surface area contributed by atoms with E-state index in [1.165, 1.54) is 6.07 Å². The number of pyridine rings is 1. The molecule has 1 aromatic rings. The van der Waals surface area contributed by atoms with Crippen LogP contribution in [-0.2, 0) is 16.1 Å². The predicted molar refractivity (Wildman–Crippen MR) is 101 cm³/mol. The minimum absolute atomic E-state index is 0.0321. The Bertz CT molecular complexity index is 760. The van der Waals surface area contributed by atoms with Gasteiger partial charge in [0, 0.05) is 62.7 Å². The molecule has 2 fully saturated rings. The van der Waals surface area contributed by atoms with Crippen molar-refractivity contribution in [2.24, 2.45) is 5.41 Å². The summed E-state index contributed by atoms with van der Waals surface area (Å²) in [4.78, 5) is 40.5. The molecule has 0 saturated carbocycles. The Labute approximate surface area is 159 Å². The van der Waals surface area contributed by atoms with E-state index < -0.39 is 0 Å². The standard InChI is InChI=1S/C20H29N3O4/c1-16-4-2-5-19(27)23(16)11-7-18(26)21-10-3-8-20(14-21)9-6-17(25)22(15-20)12-13-24/h2,4-5,24H,3,6-15H2,1H3/t20-/m0/s1. The molecule has 148 valence electrons. The quantitative estimate of drug-likeness (QED) is 0.824. The number of nitrogens with zero attached hydrogens (tertiary/aromatic N) is 3. The van der Waals surface area contributed by atoms with Crippen molar-refractivity contribution >= 4 is 11.8 Å². The molecule has 0 radical (unpaired) electrons. The highest BCUT2D eigenvalue weighted by atomic mass is 16.3. The first-order valence-electron chi connectivity index (χ1n) is 9.77. The first-order chi connectivity index (χ1) is 12.9. The Balaban J connectivity index is 1.63. The Hall–Kier alpha value is -2.15. The highest BCUT2D eigenvalue weighted by Gasteiger charge is 2.42. The fraction of sp³-hybridized carbons (Fsp3) is 0.650. The Morgan fingerprint density at radius 3 is 2.74 bits per heavy atom. The molecule has 0 bridgehead atoms. The molecule has 2 amide bonds. The molecule has 1 spiro atoms. The number of amides is 2. The van der Waals surface area contributed by atoms with Gasteiger partial charge >= 0.3 is 0 Å². The molecule has 7 nitrogen and oxygen atoms in total. The van der Waals surface area contributed by atoms with Crippen LogP contribution in [0.2, 0.25) is 0 Å². The van der Waals surface area contributed by atoms with Gasteiger partial charge in [0.25, 0.3) is 5.56 Å². The summed E-state index contributed by atoms with van der Waals surface area (Å²) in [6.45, 7) is 4.61. The third-order valence-electron chi connectivity index (χ3n) is 5.95. The number of likely N-dealkylation sites (tertiary alicyclic amines) is 2. The van der Waals surface area contributed by atoms with E-state index in [0.717, 1.165) is 31.5 Å². The molecule has 0 aromatic carbocycles. The van der Waals surface area contributed by atoms with E-state index in [9.17, 15) is 19.5 Å². The predicted octanol–water partition coefficient (Wildman–Crippen LogP) is 0.770. The van der Waals surface area contributed by atoms with Crippen LogP contribution in [0, 0.1) is 12.3 Å². The Morgan fingerprint density at radius 2 is 2.00 bits per heavy atom. The molecule has 27 heavy (non-hydrogen) atoms. The molecule has 0 aliphatic carbocycles. The number of aromatic nitrogens is 1. The van der Waals surface area contributed by atoms with Crippen molar-refractivity contribution in [2.75, 3.05) is 32.8 Å². The van der Waals surface area contributed by atoms with Crippen molar-refractivity contribution in [2.45, 2.75) is 45.6 Å². The highest BCUT2D eigenvalue weighted by molar-refractivity contribution is 5.78. The van der Waals surface area contributed by atoms with E-state index >= 15 is 0 Å². The number of carbonyl (C=O) groups excluding carboxylic acids is 2. The molecule has 7 heteroatoms. The van der Waals surface area contributed by atoms with E-state index in [1.807, 2.05) is 17.9 Å². The average molecular weight is 375 g/mol. The smallest absolute Gasteiger partial charge is 0.250 e. The number of aryl methyl sites for hydroxylation is 1. The molecule has 3 heterocycles. The highest BCUT2D eigenvalue weighted by Crippen LogP contribution is 2.38. The molecule has 3 rings (SSSR count). The lowest BCUT2D eigenvalue weighted by Crippen LogP contribution is -2.55. The van der Waals surface area contributed by atoms with Crippen LogP contribution in [0.25, 0.3) is 0 Å². The number of carbonyl (C=O) groups is 2. The molecule has 1 N–H and O–H groups in total. The van der Waals surface area contributed by atoms with Gasteiger partial charge in [-0.2, -0.15) is 0 Å². The van der Waals surface area contributed by atoms with Gasteiger partial charge in [0.1, 0.15) is 0 Å². The molecule has 1 atom stereocenters. The summed E-state index contributed by atoms with van der Waals surface area (Å²) in [7, 11) is 0. The summed E-state index contributed by atoms with van der Waals surface area (Å²) < 4.78 is 1.64. The van der Waals surface area contributed by atoms with E-state index in [4.69, 9.17) is 0 Å². The van der Waals surface area contributed by atoms with Crippen LogP contribution in [0.3, 0.4) is 0 Å². The summed E-state index contributed by atoms with van der Waals surface area (Å²) >= 11 is 0. The number of rotatable bonds is 5. The van der Waals surface area contributed by atoms with Crippen LogP contribution in [0.15, 0.2) is 23.0 Å². The van der Waals surface area contributed by atoms with Crippen molar-refractivity contribution in [1.29, 1.82) is 0 Å². The van der Waals surface area contributed by atoms with Crippen LogP contribution >= 0.6 is 0 Å². The molecule has 2 aliphatic rings. The lowest BCUT2D eigenvalue weighted by Gasteiger charge is -2.48. The fourth-order valence-electron chi connectivity index (χ4n) is 4.46. The van der Waals surface area contributed by atoms with Crippen LogP contribution < -0.4 is 5.56 Å². The zero-order valence-electron chi connectivity index (χ0n) is 16.0. The van der Waals surface area contributed by atoms with Gasteiger partial charge < -0.3 is 19.5 Å². The molecule has 1 aromatic heterocycles. The van der Waals surface area contributed by atoms with E-state index in [0.29, 0.717) is 39.0 Å². The van der Waals surface area contributed by atoms with Crippen LogP contribution in [0.4, 0.5) is 0 Å². The number of aliphatic hydroxyl groups excluding tert-OH is 1. The van der Waals surface area contributed by atoms with Crippen molar-refractivity contribution in [3.63, 3.8) is 0 Å². The second kappa shape index (κ2) is 8.25. The van der Waals surface area contributed by atoms with Crippen molar-refractivity contribution in [3.8, 4) is 0 Å². The van der Waals surface area contributed by atoms with E-state index in [2.05, 4.69) is 0 Å². The van der Waals surface area contributed by atoms with Gasteiger partial charge in [-0.15, -0.1) is 0 Å². The molecule has 0 unspecified atom stereocenters. The third-order valence-corrected chi connectivity index (χ3v) is 5.95. The van der Waals surface area contributed by atoms with Gasteiger partial charge in [-0.3, -0.25) is 14.4 Å². The minimum atomic E-state index is -0.0802. The maximum absolute atomic E-state index is 12.8. The van der Waals surface area contributed by atoms with Crippen molar-refractivity contribution in [3.05, 3.63) is 34.2 Å². The van der Waals surface area contributed by atoms with Crippen LogP contribution in [-0.4, -0.2) is 64.1 Å². The summed E-state index contributed by atoms with van der Waals surface area (Å²) in [5.41, 5.74) is 0.718. The van der Waals surface area contributed by atoms with Gasteiger partial charge in [0.2, 0.25) is 11.8 Å². The monoisotopic (exact) mass is 375 g/mol. The summed E-state index contributed by atoms with van der Waals surface area (Å²) in [6, 6.07) is 5.12. The molecular weight excluding hydrogens is 346 g/mol. The summed E-state index contributed by atoms with van der Waals surface area (Å²) in [5.74, 6) is 0.159. The SMILES string of the molecule is Cc1cccc(=O)n1CCC(=O)N1CCC[C@]2(CCC(=O)N(CCO)C2)C1. The van der Waals surface area contributed by atoms with E-state index in [1.54, 1.807) is 15.5 Å². The van der Waals surface area contributed by atoms with Crippen molar-refractivity contribution in [1.82, 2.24) is 14.4 Å². The molecule has 2 saturated heterocycles. The van der Waals surface area contributed by atoms with Gasteiger partial charge in [-0.05, 0) is 32.3 Å². The minimum Gasteiger partial charge on any atom is -0.395 e. The number of aliphatic hydroxyl groups is 1. The van der Waals surface area contributed by atoms with Gasteiger partial charge in [0.05, 0.1) is 6.61 Å². The summed E-state index contributed by atoms with van der Waals surface area (Å²) in [6.07, 6.45) is 3.52. The first-order valence-corrected chi connectivity index (χ1v) is 9.77. The van der Waals surface area contributed by atoms with Crippen LogP contribution in [0.1, 0.15) is 37.8 Å². The average Bonchev–Trinajstić information content (AvgIpc) is 2.65. The zero-order chi connectivity index (χ0) is 19.4. The fourth-order valence-corrected chi connectivity index (χ4v) is 4.46. The van der Waals surface area contributed by atoms with Crippen molar-refractivity contribution < 1.29 is 14.7 Å². The Kier molecular flexibility index (Phi) is 5.99. The lowest BCUT2D eigenvalue weighted by molar-refractivity contribution is -0.143. The van der Waals surface area contributed by atoms with E-state index in [-0.39, 0.29) is 29.4 Å². The topological polar surface area (TPSA) is 82.9 Å². The van der Waals surface area contributed by atoms with Gasteiger partial charge in [-0.1, -0.05) is 6.07 Å². The zero-order valence-corrected chi connectivity index (χ0v) is 16.0. The third kappa shape index (κ3) is 4.40. The largest absolute Gasteiger partial charge is 0.395 e. The second-order valence-corrected chi connectivity index (χ2v) is 7.86. The first kappa shape index (κ1) is 19.6. The lowest BCUT2D eigenvalue weighted by atomic mass is 9.73. The van der Waals surface area contributed by atoms with Crippen LogP contribution in [0.5, 0.6) is 0 Å². The van der Waals surface area contributed by atoms with Gasteiger partial charge in [0.15, 0.2) is 0 Å². The maximum Gasteiger partial charge on any atom is 0.250 e. The van der Waals surface area contributed by atoms with Gasteiger partial charge in [-0.25, -0.2) is 0 Å². The second-order valence-electron chi connectivity index (χ2n) is 7.86. The number of piperidine rings is 2. The maximum atomic E-state index is 12.8. The number of β-amino-alcohol motifs (C(OH)–C–C–N with tert-alkyl or cyclic N) is 1. The number of hydrogen-bond donors (Lipinski definition) is 1. The normalized spacial score (nSPS) is 23.1.